The second-order valence-electron chi connectivity index (χ2n) is 3.44. The number of hydrogen-bond acceptors (Lipinski definition) is 4. The number of aliphatic carboxylic acids is 1. The van der Waals surface area contributed by atoms with Crippen LogP contribution in [0.3, 0.4) is 0 Å². The number of benzene rings is 1. The van der Waals surface area contributed by atoms with Crippen molar-refractivity contribution in [2.24, 2.45) is 5.73 Å². The molecule has 1 atom stereocenters. The number of nitrogens with two attached hydrogens (primary N) is 1. The van der Waals surface area contributed by atoms with Crippen LogP contribution in [0.1, 0.15) is 12.0 Å². The number of carboxylic acids is 1. The third kappa shape index (κ3) is 5.86. The van der Waals surface area contributed by atoms with E-state index in [0.29, 0.717) is 5.02 Å². The molecule has 0 unspecified atom stereocenters. The van der Waals surface area contributed by atoms with Gasteiger partial charge in [0.1, 0.15) is 12.6 Å². The van der Waals surface area contributed by atoms with E-state index in [1.165, 1.54) is 0 Å². The maximum absolute atomic E-state index is 11.2. The molecule has 0 radical (unpaired) electrons. The largest absolute Gasteiger partial charge is 0.480 e. The fourth-order valence-electron chi connectivity index (χ4n) is 1.07. The monoisotopic (exact) mass is 293 g/mol. The number of ether oxygens (including phenoxy) is 1. The number of esters is 1. The molecule has 3 N–H and O–H groups in total. The summed E-state index contributed by atoms with van der Waals surface area (Å²) < 4.78 is 4.86. The first-order valence-electron chi connectivity index (χ1n) is 4.87. The molecule has 0 spiro atoms. The molecule has 1 aromatic rings. The Hall–Kier alpha value is -1.30. The summed E-state index contributed by atoms with van der Waals surface area (Å²) in [6, 6.07) is 5.55. The second kappa shape index (κ2) is 7.92. The summed E-state index contributed by atoms with van der Waals surface area (Å²) in [5, 5.41) is 9.09. The van der Waals surface area contributed by atoms with E-state index in [0.717, 1.165) is 5.56 Å². The highest BCUT2D eigenvalue weighted by Gasteiger charge is 2.17. The van der Waals surface area contributed by atoms with Gasteiger partial charge in [-0.3, -0.25) is 9.59 Å². The molecular formula is C11H13Cl2NO4. The van der Waals surface area contributed by atoms with Crippen molar-refractivity contribution in [3.63, 3.8) is 0 Å². The van der Waals surface area contributed by atoms with E-state index in [1.54, 1.807) is 24.3 Å². The Morgan fingerprint density at radius 2 is 1.89 bits per heavy atom. The van der Waals surface area contributed by atoms with Crippen molar-refractivity contribution in [3.8, 4) is 0 Å². The molecule has 0 aromatic heterocycles. The molecule has 0 aliphatic carbocycles. The summed E-state index contributed by atoms with van der Waals surface area (Å²) in [5.41, 5.74) is 5.96. The Balaban J connectivity index is 0.00000289. The topological polar surface area (TPSA) is 89.6 Å². The van der Waals surface area contributed by atoms with Crippen LogP contribution in [0.5, 0.6) is 0 Å². The van der Waals surface area contributed by atoms with E-state index in [9.17, 15) is 9.59 Å². The summed E-state index contributed by atoms with van der Waals surface area (Å²) in [6.45, 7) is 0.0718. The van der Waals surface area contributed by atoms with Gasteiger partial charge >= 0.3 is 11.9 Å². The maximum Gasteiger partial charge on any atom is 0.321 e. The van der Waals surface area contributed by atoms with Gasteiger partial charge in [-0.2, -0.15) is 0 Å². The average Bonchev–Trinajstić information content (AvgIpc) is 2.28. The van der Waals surface area contributed by atoms with Crippen LogP contribution in [-0.2, 0) is 20.9 Å². The first-order valence-corrected chi connectivity index (χ1v) is 5.25. The van der Waals surface area contributed by atoms with Crippen LogP contribution in [0.15, 0.2) is 24.3 Å². The highest BCUT2D eigenvalue weighted by atomic mass is 35.5. The van der Waals surface area contributed by atoms with Crippen LogP contribution in [0.4, 0.5) is 0 Å². The Bertz CT molecular complexity index is 408. The SMILES string of the molecule is Cl.N[C@@H](CC(=O)OCc1ccc(Cl)cc1)C(=O)O. The van der Waals surface area contributed by atoms with Crippen LogP contribution in [0.2, 0.25) is 5.02 Å². The number of rotatable bonds is 5. The van der Waals surface area contributed by atoms with Crippen molar-refractivity contribution in [3.05, 3.63) is 34.9 Å². The maximum atomic E-state index is 11.2. The van der Waals surface area contributed by atoms with Crippen LogP contribution < -0.4 is 5.73 Å². The van der Waals surface area contributed by atoms with Crippen molar-refractivity contribution in [2.75, 3.05) is 0 Å². The van der Waals surface area contributed by atoms with Crippen molar-refractivity contribution in [2.45, 2.75) is 19.1 Å². The summed E-state index contributed by atoms with van der Waals surface area (Å²) in [5.74, 6) is -1.87. The van der Waals surface area contributed by atoms with Gasteiger partial charge in [-0.15, -0.1) is 12.4 Å². The molecule has 1 rings (SSSR count). The Morgan fingerprint density at radius 3 is 2.39 bits per heavy atom. The molecule has 0 saturated heterocycles. The molecule has 0 fully saturated rings. The molecule has 0 amide bonds. The van der Waals surface area contributed by atoms with E-state index in [-0.39, 0.29) is 25.4 Å². The lowest BCUT2D eigenvalue weighted by Gasteiger charge is -2.07. The Labute approximate surface area is 115 Å². The van der Waals surface area contributed by atoms with E-state index in [1.807, 2.05) is 0 Å². The molecule has 0 heterocycles. The van der Waals surface area contributed by atoms with Crippen LogP contribution >= 0.6 is 24.0 Å². The fraction of sp³-hybridized carbons (Fsp3) is 0.273. The average molecular weight is 294 g/mol. The molecule has 0 bridgehead atoms. The summed E-state index contributed by atoms with van der Waals surface area (Å²) >= 11 is 5.69. The molecule has 7 heteroatoms. The number of hydrogen-bond donors (Lipinski definition) is 2. The number of halogens is 2. The van der Waals surface area contributed by atoms with Crippen molar-refractivity contribution >= 4 is 35.9 Å². The Morgan fingerprint density at radius 1 is 1.33 bits per heavy atom. The molecular weight excluding hydrogens is 281 g/mol. The number of carboxylic acid groups (broad SMARTS) is 1. The molecule has 0 aliphatic rings. The predicted molar refractivity (Wildman–Crippen MR) is 68.7 cm³/mol. The van der Waals surface area contributed by atoms with Gasteiger partial charge in [0.25, 0.3) is 0 Å². The molecule has 5 nitrogen and oxygen atoms in total. The predicted octanol–water partition coefficient (Wildman–Crippen LogP) is 1.61. The van der Waals surface area contributed by atoms with Crippen LogP contribution in [0, 0.1) is 0 Å². The normalized spacial score (nSPS) is 11.2. The number of carbonyl (C=O) groups excluding carboxylic acids is 1. The fourth-order valence-corrected chi connectivity index (χ4v) is 1.20. The van der Waals surface area contributed by atoms with Gasteiger partial charge in [0.15, 0.2) is 0 Å². The highest BCUT2D eigenvalue weighted by molar-refractivity contribution is 6.30. The lowest BCUT2D eigenvalue weighted by atomic mass is 10.2. The van der Waals surface area contributed by atoms with E-state index < -0.39 is 18.0 Å². The second-order valence-corrected chi connectivity index (χ2v) is 3.87. The molecule has 18 heavy (non-hydrogen) atoms. The van der Waals surface area contributed by atoms with E-state index in [4.69, 9.17) is 27.2 Å². The summed E-state index contributed by atoms with van der Waals surface area (Å²) in [7, 11) is 0. The van der Waals surface area contributed by atoms with E-state index >= 15 is 0 Å². The van der Waals surface area contributed by atoms with Gasteiger partial charge in [0.05, 0.1) is 6.42 Å². The molecule has 0 aliphatic heterocycles. The first-order chi connectivity index (χ1) is 7.99. The highest BCUT2D eigenvalue weighted by Crippen LogP contribution is 2.10. The minimum absolute atomic E-state index is 0. The van der Waals surface area contributed by atoms with Gasteiger partial charge in [0.2, 0.25) is 0 Å². The van der Waals surface area contributed by atoms with Crippen LogP contribution in [0.25, 0.3) is 0 Å². The van der Waals surface area contributed by atoms with E-state index in [2.05, 4.69) is 0 Å². The Kier molecular flexibility index (Phi) is 7.35. The van der Waals surface area contributed by atoms with Gasteiger partial charge in [-0.05, 0) is 17.7 Å². The molecule has 0 saturated carbocycles. The van der Waals surface area contributed by atoms with Crippen molar-refractivity contribution in [1.82, 2.24) is 0 Å². The van der Waals surface area contributed by atoms with Crippen LogP contribution in [-0.4, -0.2) is 23.1 Å². The third-order valence-corrected chi connectivity index (χ3v) is 2.27. The summed E-state index contributed by atoms with van der Waals surface area (Å²) in [6.07, 6.45) is -0.344. The lowest BCUT2D eigenvalue weighted by molar-refractivity contribution is -0.149. The molecule has 100 valence electrons. The zero-order valence-electron chi connectivity index (χ0n) is 9.34. The van der Waals surface area contributed by atoms with Gasteiger partial charge in [0, 0.05) is 5.02 Å². The van der Waals surface area contributed by atoms with Gasteiger partial charge in [-0.1, -0.05) is 23.7 Å². The lowest BCUT2D eigenvalue weighted by Crippen LogP contribution is -2.33. The smallest absolute Gasteiger partial charge is 0.321 e. The van der Waals surface area contributed by atoms with Gasteiger partial charge < -0.3 is 15.6 Å². The zero-order valence-corrected chi connectivity index (χ0v) is 10.9. The minimum Gasteiger partial charge on any atom is -0.480 e. The minimum atomic E-state index is -1.23. The van der Waals surface area contributed by atoms with Crippen molar-refractivity contribution in [1.29, 1.82) is 0 Å². The van der Waals surface area contributed by atoms with Crippen molar-refractivity contribution < 1.29 is 19.4 Å². The van der Waals surface area contributed by atoms with Gasteiger partial charge in [-0.25, -0.2) is 0 Å². The quantitative estimate of drug-likeness (QED) is 0.805. The zero-order chi connectivity index (χ0) is 12.8. The summed E-state index contributed by atoms with van der Waals surface area (Å²) in [4.78, 5) is 21.6. The first kappa shape index (κ1) is 16.7. The third-order valence-electron chi connectivity index (χ3n) is 2.02. The number of carbonyl (C=O) groups is 2. The standard InChI is InChI=1S/C11H12ClNO4.ClH/c12-8-3-1-7(2-4-8)6-17-10(14)5-9(13)11(15)16;/h1-4,9H,5-6,13H2,(H,15,16);1H/t9-;/m0./s1. The molecule has 1 aromatic carbocycles.